The van der Waals surface area contributed by atoms with Crippen LogP contribution >= 0.6 is 0 Å². The highest BCUT2D eigenvalue weighted by Gasteiger charge is 2.36. The summed E-state index contributed by atoms with van der Waals surface area (Å²) in [6, 6.07) is 1.46. The van der Waals surface area contributed by atoms with Gasteiger partial charge in [-0.05, 0) is 45.4 Å². The van der Waals surface area contributed by atoms with Crippen molar-refractivity contribution in [3.63, 3.8) is 0 Å². The number of nitrogens with one attached hydrogen (secondary N) is 1. The molecule has 0 aromatic heterocycles. The first-order valence-corrected chi connectivity index (χ1v) is 7.58. The minimum absolute atomic E-state index is 0.0121. The summed E-state index contributed by atoms with van der Waals surface area (Å²) in [4.78, 5) is 2.69. The first-order chi connectivity index (χ1) is 8.55. The zero-order valence-corrected chi connectivity index (χ0v) is 12.5. The van der Waals surface area contributed by atoms with Crippen LogP contribution in [0.15, 0.2) is 0 Å². The third-order valence-electron chi connectivity index (χ3n) is 4.78. The van der Waals surface area contributed by atoms with Crippen LogP contribution in [-0.2, 0) is 4.74 Å². The van der Waals surface area contributed by atoms with Crippen molar-refractivity contribution in [1.29, 1.82) is 0 Å². The Balaban J connectivity index is 1.85. The van der Waals surface area contributed by atoms with Crippen LogP contribution in [-0.4, -0.2) is 49.3 Å². The predicted octanol–water partition coefficient (Wildman–Crippen LogP) is 2.26. The van der Waals surface area contributed by atoms with E-state index in [2.05, 4.69) is 31.0 Å². The van der Waals surface area contributed by atoms with E-state index in [1.54, 1.807) is 0 Å². The molecular formula is C15H30N2O. The molecule has 18 heavy (non-hydrogen) atoms. The Hall–Kier alpha value is -0.120. The molecule has 1 saturated heterocycles. The molecule has 0 aromatic carbocycles. The summed E-state index contributed by atoms with van der Waals surface area (Å²) in [6.45, 7) is 10.3. The van der Waals surface area contributed by atoms with E-state index >= 15 is 0 Å². The quantitative estimate of drug-likeness (QED) is 0.787. The zero-order chi connectivity index (χ0) is 13.2. The van der Waals surface area contributed by atoms with Gasteiger partial charge in [0.1, 0.15) is 0 Å². The molecule has 3 heteroatoms. The number of methoxy groups -OCH3 is 1. The van der Waals surface area contributed by atoms with Gasteiger partial charge >= 0.3 is 0 Å². The van der Waals surface area contributed by atoms with Crippen LogP contribution in [0, 0.1) is 5.92 Å². The summed E-state index contributed by atoms with van der Waals surface area (Å²) in [6.07, 6.45) is 5.24. The van der Waals surface area contributed by atoms with Gasteiger partial charge in [-0.2, -0.15) is 0 Å². The number of nitrogens with zero attached hydrogens (tertiary/aromatic N) is 1. The third kappa shape index (κ3) is 3.69. The van der Waals surface area contributed by atoms with Gasteiger partial charge in [0.25, 0.3) is 0 Å². The van der Waals surface area contributed by atoms with E-state index in [4.69, 9.17) is 4.74 Å². The molecule has 1 aliphatic heterocycles. The first kappa shape index (κ1) is 14.3. The van der Waals surface area contributed by atoms with E-state index in [0.29, 0.717) is 6.04 Å². The lowest BCUT2D eigenvalue weighted by molar-refractivity contribution is -0.00107. The van der Waals surface area contributed by atoms with Crippen molar-refractivity contribution in [1.82, 2.24) is 10.2 Å². The molecule has 1 heterocycles. The molecule has 0 spiro atoms. The lowest BCUT2D eigenvalue weighted by atomic mass is 10.00. The highest BCUT2D eigenvalue weighted by atomic mass is 16.5. The minimum Gasteiger partial charge on any atom is -0.379 e. The number of ether oxygens (including phenoxy) is 1. The highest BCUT2D eigenvalue weighted by Crippen LogP contribution is 2.34. The average molecular weight is 254 g/mol. The topological polar surface area (TPSA) is 24.5 Å². The summed E-state index contributed by atoms with van der Waals surface area (Å²) in [7, 11) is 1.82. The number of piperazine rings is 1. The molecule has 0 aromatic rings. The van der Waals surface area contributed by atoms with Crippen molar-refractivity contribution in [2.75, 3.05) is 26.7 Å². The van der Waals surface area contributed by atoms with Crippen molar-refractivity contribution >= 4 is 0 Å². The van der Waals surface area contributed by atoms with Crippen LogP contribution in [0.4, 0.5) is 0 Å². The summed E-state index contributed by atoms with van der Waals surface area (Å²) < 4.78 is 5.54. The second-order valence-electron chi connectivity index (χ2n) is 6.62. The summed E-state index contributed by atoms with van der Waals surface area (Å²) in [5.41, 5.74) is 0.0121. The number of hydrogen-bond acceptors (Lipinski definition) is 3. The molecule has 1 saturated carbocycles. The Morgan fingerprint density at radius 1 is 1.33 bits per heavy atom. The summed E-state index contributed by atoms with van der Waals surface area (Å²) in [5.74, 6) is 0.959. The predicted molar refractivity (Wildman–Crippen MR) is 75.9 cm³/mol. The average Bonchev–Trinajstić information content (AvgIpc) is 3.20. The van der Waals surface area contributed by atoms with Gasteiger partial charge in [-0.1, -0.05) is 6.92 Å². The molecular weight excluding hydrogens is 224 g/mol. The van der Waals surface area contributed by atoms with E-state index in [9.17, 15) is 0 Å². The minimum atomic E-state index is 0.0121. The Morgan fingerprint density at radius 3 is 2.61 bits per heavy atom. The van der Waals surface area contributed by atoms with Crippen LogP contribution in [0.1, 0.15) is 46.5 Å². The van der Waals surface area contributed by atoms with Crippen LogP contribution in [0.3, 0.4) is 0 Å². The van der Waals surface area contributed by atoms with Crippen LogP contribution in [0.5, 0.6) is 0 Å². The van der Waals surface area contributed by atoms with Crippen LogP contribution in [0.25, 0.3) is 0 Å². The van der Waals surface area contributed by atoms with Gasteiger partial charge in [-0.25, -0.2) is 0 Å². The number of hydrogen-bond donors (Lipinski definition) is 1. The zero-order valence-electron chi connectivity index (χ0n) is 12.5. The number of rotatable bonds is 6. The molecule has 1 N–H and O–H groups in total. The van der Waals surface area contributed by atoms with Gasteiger partial charge in [-0.3, -0.25) is 4.90 Å². The second kappa shape index (κ2) is 5.89. The largest absolute Gasteiger partial charge is 0.379 e. The van der Waals surface area contributed by atoms with Crippen molar-refractivity contribution in [2.45, 2.75) is 64.1 Å². The van der Waals surface area contributed by atoms with Crippen molar-refractivity contribution < 1.29 is 4.74 Å². The molecule has 106 valence electrons. The molecule has 2 rings (SSSR count). The maximum absolute atomic E-state index is 5.54. The van der Waals surface area contributed by atoms with E-state index in [-0.39, 0.29) is 5.60 Å². The molecule has 0 amide bonds. The first-order valence-electron chi connectivity index (χ1n) is 7.58. The smallest absolute Gasteiger partial charge is 0.0634 e. The molecule has 0 bridgehead atoms. The van der Waals surface area contributed by atoms with E-state index in [1.165, 1.54) is 38.9 Å². The maximum Gasteiger partial charge on any atom is 0.0634 e. The third-order valence-corrected chi connectivity index (χ3v) is 4.78. The highest BCUT2D eigenvalue weighted by molar-refractivity contribution is 4.94. The van der Waals surface area contributed by atoms with Crippen molar-refractivity contribution in [2.24, 2.45) is 5.92 Å². The summed E-state index contributed by atoms with van der Waals surface area (Å²) in [5, 5.41) is 3.75. The van der Waals surface area contributed by atoms with Crippen LogP contribution < -0.4 is 5.32 Å². The van der Waals surface area contributed by atoms with Gasteiger partial charge in [0.15, 0.2) is 0 Å². The molecule has 2 unspecified atom stereocenters. The molecule has 2 aliphatic rings. The fourth-order valence-corrected chi connectivity index (χ4v) is 2.89. The Labute approximate surface area is 112 Å². The standard InChI is InChI=1S/C15H30N2O/c1-5-13-10-16-14(12-6-7-12)11-17(13)9-8-15(2,3)18-4/h12-14,16H,5-11H2,1-4H3. The fraction of sp³-hybridized carbons (Fsp3) is 1.00. The van der Waals surface area contributed by atoms with E-state index < -0.39 is 0 Å². The monoisotopic (exact) mass is 254 g/mol. The Bertz CT molecular complexity index is 263. The van der Waals surface area contributed by atoms with Gasteiger partial charge in [0.05, 0.1) is 5.60 Å². The van der Waals surface area contributed by atoms with Crippen molar-refractivity contribution in [3.8, 4) is 0 Å². The van der Waals surface area contributed by atoms with Gasteiger partial charge in [0.2, 0.25) is 0 Å². The van der Waals surface area contributed by atoms with Crippen molar-refractivity contribution in [3.05, 3.63) is 0 Å². The van der Waals surface area contributed by atoms with Gasteiger partial charge in [-0.15, -0.1) is 0 Å². The van der Waals surface area contributed by atoms with Gasteiger partial charge in [0, 0.05) is 38.8 Å². The Kier molecular flexibility index (Phi) is 4.68. The summed E-state index contributed by atoms with van der Waals surface area (Å²) >= 11 is 0. The van der Waals surface area contributed by atoms with Gasteiger partial charge < -0.3 is 10.1 Å². The molecule has 2 atom stereocenters. The lowest BCUT2D eigenvalue weighted by Crippen LogP contribution is -2.57. The molecule has 3 nitrogen and oxygen atoms in total. The second-order valence-corrected chi connectivity index (χ2v) is 6.62. The molecule has 2 fully saturated rings. The fourth-order valence-electron chi connectivity index (χ4n) is 2.89. The Morgan fingerprint density at radius 2 is 2.06 bits per heavy atom. The maximum atomic E-state index is 5.54. The SMILES string of the molecule is CCC1CNC(C2CC2)CN1CCC(C)(C)OC. The van der Waals surface area contributed by atoms with Crippen LogP contribution in [0.2, 0.25) is 0 Å². The molecule has 1 aliphatic carbocycles. The van der Waals surface area contributed by atoms with E-state index in [0.717, 1.165) is 18.4 Å². The normalized spacial score (nSPS) is 30.7. The lowest BCUT2D eigenvalue weighted by Gasteiger charge is -2.41. The van der Waals surface area contributed by atoms with E-state index in [1.807, 2.05) is 7.11 Å². The molecule has 0 radical (unpaired) electrons.